The van der Waals surface area contributed by atoms with Crippen LogP contribution < -0.4 is 0 Å². The first kappa shape index (κ1) is 24.3. The summed E-state index contributed by atoms with van der Waals surface area (Å²) >= 11 is 8.60. The number of rotatable bonds is 6. The molecule has 162 valence electrons. The topological polar surface area (TPSA) is 39.2 Å². The van der Waals surface area contributed by atoms with Gasteiger partial charge in [0, 0.05) is 15.6 Å². The highest BCUT2D eigenvalue weighted by Crippen LogP contribution is 2.39. The molecule has 0 spiro atoms. The Labute approximate surface area is 183 Å². The fourth-order valence-electron chi connectivity index (χ4n) is 2.98. The molecule has 0 saturated heterocycles. The second-order valence-electron chi connectivity index (χ2n) is 6.77. The maximum atomic E-state index is 13.9. The molecule has 0 radical (unpaired) electrons. The number of pyridine rings is 1. The molecular formula is C20H17BrF5NO2S. The summed E-state index contributed by atoms with van der Waals surface area (Å²) in [6.07, 6.45) is -8.61. The van der Waals surface area contributed by atoms with E-state index in [-0.39, 0.29) is 28.3 Å². The summed E-state index contributed by atoms with van der Waals surface area (Å²) in [5, 5.41) is 0. The lowest BCUT2D eigenvalue weighted by Crippen LogP contribution is -2.25. The molecule has 30 heavy (non-hydrogen) atoms. The van der Waals surface area contributed by atoms with Crippen LogP contribution in [0.3, 0.4) is 0 Å². The van der Waals surface area contributed by atoms with E-state index in [2.05, 4.69) is 25.7 Å². The molecule has 0 fully saturated rings. The van der Waals surface area contributed by atoms with Crippen molar-refractivity contribution < 1.29 is 31.5 Å². The van der Waals surface area contributed by atoms with Crippen molar-refractivity contribution in [3.63, 3.8) is 0 Å². The van der Waals surface area contributed by atoms with Crippen molar-refractivity contribution in [3.8, 4) is 0 Å². The molecule has 1 aromatic carbocycles. The van der Waals surface area contributed by atoms with Crippen molar-refractivity contribution in [2.45, 2.75) is 32.9 Å². The molecule has 0 N–H and O–H groups in total. The quantitative estimate of drug-likeness (QED) is 0.191. The molecule has 0 atom stereocenters. The Morgan fingerprint density at radius 3 is 2.27 bits per heavy atom. The summed E-state index contributed by atoms with van der Waals surface area (Å²) in [5.74, 6) is -1.47. The number of methoxy groups -OCH3 is 1. The number of esters is 1. The number of nitrogens with zero attached hydrogens (tertiary/aromatic N) is 1. The number of alkyl halides is 5. The first-order valence-electron chi connectivity index (χ1n) is 8.69. The molecule has 1 aromatic heterocycles. The van der Waals surface area contributed by atoms with E-state index in [4.69, 9.17) is 12.2 Å². The third kappa shape index (κ3) is 5.03. The molecule has 2 aromatic rings. The number of carbonyl (C=O) groups excluding carboxylic acids is 1. The normalized spacial score (nSPS) is 11.8. The Balaban J connectivity index is 3.04. The van der Waals surface area contributed by atoms with Crippen molar-refractivity contribution in [2.24, 2.45) is 5.92 Å². The highest BCUT2D eigenvalue weighted by Gasteiger charge is 2.42. The zero-order chi connectivity index (χ0) is 22.8. The monoisotopic (exact) mass is 509 g/mol. The first-order valence-corrected chi connectivity index (χ1v) is 9.89. The second-order valence-corrected chi connectivity index (χ2v) is 8.03. The molecular weight excluding hydrogens is 493 g/mol. The summed E-state index contributed by atoms with van der Waals surface area (Å²) in [6, 6.07) is 6.29. The fraction of sp³-hybridized carbons (Fsp3) is 0.350. The van der Waals surface area contributed by atoms with Gasteiger partial charge in [0.05, 0.1) is 17.5 Å². The Morgan fingerprint density at radius 1 is 1.20 bits per heavy atom. The molecule has 0 aliphatic heterocycles. The van der Waals surface area contributed by atoms with Gasteiger partial charge in [-0.1, -0.05) is 60.2 Å². The van der Waals surface area contributed by atoms with E-state index in [1.807, 2.05) is 0 Å². The van der Waals surface area contributed by atoms with Crippen molar-refractivity contribution in [1.82, 2.24) is 4.98 Å². The number of ether oxygens (including phenoxy) is 1. The lowest BCUT2D eigenvalue weighted by molar-refractivity contribution is -0.141. The van der Waals surface area contributed by atoms with Crippen molar-refractivity contribution in [1.29, 1.82) is 0 Å². The number of aromatic nitrogens is 1. The fourth-order valence-corrected chi connectivity index (χ4v) is 4.00. The summed E-state index contributed by atoms with van der Waals surface area (Å²) in [5.41, 5.74) is -4.09. The molecule has 0 bridgehead atoms. The standard InChI is InChI=1S/C20H17BrF5NO2S/c1-9(2)8-11-13(19(28)29-3)15(18(22)23)27-17(20(24,25)26)14(11)16(30)10-6-4-5-7-12(10)21/h4-7,9,18H,8H2,1-3H3. The van der Waals surface area contributed by atoms with Crippen LogP contribution in [-0.4, -0.2) is 22.9 Å². The maximum Gasteiger partial charge on any atom is 0.434 e. The summed E-state index contributed by atoms with van der Waals surface area (Å²) in [7, 11) is 0.959. The Bertz CT molecular complexity index is 976. The van der Waals surface area contributed by atoms with Gasteiger partial charge in [0.1, 0.15) is 5.69 Å². The lowest BCUT2D eigenvalue weighted by Gasteiger charge is -2.23. The number of thiocarbonyl (C=S) groups is 1. The van der Waals surface area contributed by atoms with Crippen molar-refractivity contribution in [3.05, 3.63) is 62.4 Å². The van der Waals surface area contributed by atoms with Crippen LogP contribution in [-0.2, 0) is 17.3 Å². The number of benzene rings is 1. The van der Waals surface area contributed by atoms with E-state index in [1.165, 1.54) is 6.07 Å². The van der Waals surface area contributed by atoms with Gasteiger partial charge in [0.25, 0.3) is 6.43 Å². The predicted octanol–water partition coefficient (Wildman–Crippen LogP) is 6.55. The number of carbonyl (C=O) groups is 1. The van der Waals surface area contributed by atoms with Crippen molar-refractivity contribution >= 4 is 39.0 Å². The van der Waals surface area contributed by atoms with E-state index in [1.54, 1.807) is 32.0 Å². The van der Waals surface area contributed by atoms with Gasteiger partial charge in [0.15, 0.2) is 5.69 Å². The van der Waals surface area contributed by atoms with Gasteiger partial charge in [-0.25, -0.2) is 18.6 Å². The highest BCUT2D eigenvalue weighted by molar-refractivity contribution is 9.10. The van der Waals surface area contributed by atoms with E-state index in [0.29, 0.717) is 4.47 Å². The molecule has 0 aliphatic rings. The average molecular weight is 510 g/mol. The molecule has 3 nitrogen and oxygen atoms in total. The van der Waals surface area contributed by atoms with Gasteiger partial charge in [0.2, 0.25) is 0 Å². The summed E-state index contributed by atoms with van der Waals surface area (Å²) < 4.78 is 74.0. The Hall–Kier alpha value is -1.94. The largest absolute Gasteiger partial charge is 0.465 e. The van der Waals surface area contributed by atoms with Gasteiger partial charge in [-0.15, -0.1) is 0 Å². The molecule has 0 unspecified atom stereocenters. The zero-order valence-electron chi connectivity index (χ0n) is 16.1. The Morgan fingerprint density at radius 2 is 1.80 bits per heavy atom. The van der Waals surface area contributed by atoms with Crippen LogP contribution in [0.25, 0.3) is 0 Å². The SMILES string of the molecule is COC(=O)c1c(C(F)F)nc(C(F)(F)F)c(C(=S)c2ccccc2Br)c1CC(C)C. The van der Waals surface area contributed by atoms with Crippen molar-refractivity contribution in [2.75, 3.05) is 7.11 Å². The number of halogens is 6. The van der Waals surface area contributed by atoms with E-state index in [0.717, 1.165) is 7.11 Å². The van der Waals surface area contributed by atoms with Crippen LogP contribution in [0.15, 0.2) is 28.7 Å². The molecule has 0 saturated carbocycles. The molecule has 0 amide bonds. The van der Waals surface area contributed by atoms with Crippen LogP contribution in [0, 0.1) is 5.92 Å². The van der Waals surface area contributed by atoms with Gasteiger partial charge >= 0.3 is 12.1 Å². The lowest BCUT2D eigenvalue weighted by atomic mass is 9.88. The second kappa shape index (κ2) is 9.47. The molecule has 0 aliphatic carbocycles. The minimum Gasteiger partial charge on any atom is -0.465 e. The van der Waals surface area contributed by atoms with Gasteiger partial charge in [-0.05, 0) is 24.0 Å². The van der Waals surface area contributed by atoms with Gasteiger partial charge < -0.3 is 4.74 Å². The minimum atomic E-state index is -5.08. The summed E-state index contributed by atoms with van der Waals surface area (Å²) in [4.78, 5) is 15.3. The van der Waals surface area contributed by atoms with Crippen LogP contribution >= 0.6 is 28.1 Å². The highest BCUT2D eigenvalue weighted by atomic mass is 79.9. The smallest absolute Gasteiger partial charge is 0.434 e. The van der Waals surface area contributed by atoms with Crippen LogP contribution in [0.5, 0.6) is 0 Å². The zero-order valence-corrected chi connectivity index (χ0v) is 18.5. The third-order valence-electron chi connectivity index (χ3n) is 4.15. The Kier molecular flexibility index (Phi) is 7.68. The maximum absolute atomic E-state index is 13.9. The van der Waals surface area contributed by atoms with Crippen LogP contribution in [0.2, 0.25) is 0 Å². The van der Waals surface area contributed by atoms with Gasteiger partial charge in [-0.3, -0.25) is 0 Å². The van der Waals surface area contributed by atoms with E-state index >= 15 is 0 Å². The average Bonchev–Trinajstić information content (AvgIpc) is 2.65. The van der Waals surface area contributed by atoms with E-state index < -0.39 is 41.1 Å². The molecule has 2 rings (SSSR count). The molecule has 10 heteroatoms. The number of hydrogen-bond acceptors (Lipinski definition) is 4. The first-order chi connectivity index (χ1) is 13.9. The molecule has 1 heterocycles. The van der Waals surface area contributed by atoms with Crippen LogP contribution in [0.4, 0.5) is 22.0 Å². The predicted molar refractivity (Wildman–Crippen MR) is 109 cm³/mol. The summed E-state index contributed by atoms with van der Waals surface area (Å²) in [6.45, 7) is 3.37. The third-order valence-corrected chi connectivity index (χ3v) is 5.27. The minimum absolute atomic E-state index is 0.115. The number of hydrogen-bond donors (Lipinski definition) is 0. The van der Waals surface area contributed by atoms with Crippen LogP contribution in [0.1, 0.15) is 58.7 Å². The van der Waals surface area contributed by atoms with Gasteiger partial charge in [-0.2, -0.15) is 13.2 Å². The van der Waals surface area contributed by atoms with E-state index in [9.17, 15) is 26.7 Å².